The van der Waals surface area contributed by atoms with Gasteiger partial charge < -0.3 is 9.52 Å². The highest BCUT2D eigenvalue weighted by Gasteiger charge is 2.05. The van der Waals surface area contributed by atoms with Crippen LogP contribution in [0.25, 0.3) is 17.4 Å². The molecule has 0 amide bonds. The van der Waals surface area contributed by atoms with Gasteiger partial charge in [-0.3, -0.25) is 0 Å². The van der Waals surface area contributed by atoms with E-state index in [4.69, 9.17) is 4.42 Å². The molecule has 0 aliphatic heterocycles. The molecule has 1 aromatic heterocycles. The van der Waals surface area contributed by atoms with Crippen molar-refractivity contribution in [1.82, 2.24) is 0 Å². The van der Waals surface area contributed by atoms with Crippen LogP contribution in [0.15, 0.2) is 46.4 Å². The molecular weight excluding hydrogens is 231 g/mol. The Kier molecular flexibility index (Phi) is 3.63. The van der Waals surface area contributed by atoms with Crippen LogP contribution < -0.4 is 0 Å². The van der Waals surface area contributed by atoms with Gasteiger partial charge in [0.25, 0.3) is 0 Å². The first-order valence-electron chi connectivity index (χ1n) is 5.78. The van der Waals surface area contributed by atoms with Crippen LogP contribution in [0.5, 0.6) is 0 Å². The quantitative estimate of drug-likeness (QED) is 0.891. The number of hydrogen-bond donors (Lipinski definition) is 1. The maximum atomic E-state index is 12.8. The minimum atomic E-state index is -0.496. The first kappa shape index (κ1) is 12.6. The summed E-state index contributed by atoms with van der Waals surface area (Å²) in [5, 5.41) is 9.38. The fourth-order valence-corrected chi connectivity index (χ4v) is 1.54. The molecule has 1 atom stereocenters. The summed E-state index contributed by atoms with van der Waals surface area (Å²) in [6.45, 7) is 3.54. The lowest BCUT2D eigenvalue weighted by molar-refractivity contribution is 0.232. The van der Waals surface area contributed by atoms with Crippen molar-refractivity contribution in [1.29, 1.82) is 0 Å². The topological polar surface area (TPSA) is 33.4 Å². The van der Waals surface area contributed by atoms with E-state index in [0.717, 1.165) is 11.1 Å². The second-order valence-corrected chi connectivity index (χ2v) is 4.27. The summed E-state index contributed by atoms with van der Waals surface area (Å²) < 4.78 is 18.4. The van der Waals surface area contributed by atoms with Crippen molar-refractivity contribution in [3.63, 3.8) is 0 Å². The van der Waals surface area contributed by atoms with Crippen LogP contribution in [0, 0.1) is 5.82 Å². The summed E-state index contributed by atoms with van der Waals surface area (Å²) in [5.74, 6) is 1.09. The van der Waals surface area contributed by atoms with E-state index in [2.05, 4.69) is 0 Å². The molecule has 0 saturated heterocycles. The normalized spacial score (nSPS) is 13.7. The number of hydrogen-bond acceptors (Lipinski definition) is 2. The highest BCUT2D eigenvalue weighted by Crippen LogP contribution is 2.23. The number of aliphatic hydroxyl groups is 1. The summed E-state index contributed by atoms with van der Waals surface area (Å²) in [6, 6.07) is 9.79. The van der Waals surface area contributed by atoms with Crippen molar-refractivity contribution in [2.45, 2.75) is 20.0 Å². The lowest BCUT2D eigenvalue weighted by Crippen LogP contribution is -1.99. The third-order valence-corrected chi connectivity index (χ3v) is 2.78. The molecule has 0 aliphatic carbocycles. The molecule has 1 unspecified atom stereocenters. The zero-order valence-electron chi connectivity index (χ0n) is 10.4. The lowest BCUT2D eigenvalue weighted by Gasteiger charge is -2.02. The molecule has 2 rings (SSSR count). The van der Waals surface area contributed by atoms with Gasteiger partial charge in [-0.1, -0.05) is 0 Å². The summed E-state index contributed by atoms with van der Waals surface area (Å²) in [7, 11) is 0. The van der Waals surface area contributed by atoms with E-state index in [9.17, 15) is 9.50 Å². The molecule has 0 bridgehead atoms. The van der Waals surface area contributed by atoms with Gasteiger partial charge in [0.2, 0.25) is 0 Å². The Labute approximate surface area is 105 Å². The molecule has 94 valence electrons. The molecule has 0 fully saturated rings. The maximum Gasteiger partial charge on any atom is 0.134 e. The fourth-order valence-electron chi connectivity index (χ4n) is 1.54. The van der Waals surface area contributed by atoms with Gasteiger partial charge in [-0.15, -0.1) is 0 Å². The summed E-state index contributed by atoms with van der Waals surface area (Å²) in [5.41, 5.74) is 1.65. The summed E-state index contributed by atoms with van der Waals surface area (Å²) >= 11 is 0. The summed E-state index contributed by atoms with van der Waals surface area (Å²) in [6.07, 6.45) is 1.29. The monoisotopic (exact) mass is 246 g/mol. The van der Waals surface area contributed by atoms with Crippen LogP contribution >= 0.6 is 0 Å². The van der Waals surface area contributed by atoms with Crippen molar-refractivity contribution >= 4 is 6.08 Å². The molecule has 0 spiro atoms. The average molecular weight is 246 g/mol. The SMILES string of the molecule is C/C(=C\c1ccc(-c2ccc(F)cc2)o1)C(C)O. The Hall–Kier alpha value is -1.87. The minimum Gasteiger partial charge on any atom is -0.457 e. The van der Waals surface area contributed by atoms with E-state index in [1.807, 2.05) is 19.1 Å². The van der Waals surface area contributed by atoms with Crippen molar-refractivity contribution in [2.24, 2.45) is 0 Å². The van der Waals surface area contributed by atoms with E-state index < -0.39 is 6.10 Å². The van der Waals surface area contributed by atoms with Crippen LogP contribution in [-0.2, 0) is 0 Å². The second-order valence-electron chi connectivity index (χ2n) is 4.27. The van der Waals surface area contributed by atoms with Crippen LogP contribution in [0.3, 0.4) is 0 Å². The highest BCUT2D eigenvalue weighted by atomic mass is 19.1. The van der Waals surface area contributed by atoms with E-state index in [-0.39, 0.29) is 5.82 Å². The zero-order valence-corrected chi connectivity index (χ0v) is 10.4. The molecule has 0 radical (unpaired) electrons. The Bertz CT molecular complexity index is 550. The number of aliphatic hydroxyl groups excluding tert-OH is 1. The minimum absolute atomic E-state index is 0.268. The first-order chi connectivity index (χ1) is 8.56. The molecular formula is C15H15FO2. The molecule has 1 N–H and O–H groups in total. The molecule has 0 aliphatic rings. The van der Waals surface area contributed by atoms with Gasteiger partial charge >= 0.3 is 0 Å². The zero-order chi connectivity index (χ0) is 13.1. The predicted molar refractivity (Wildman–Crippen MR) is 69.4 cm³/mol. The number of rotatable bonds is 3. The predicted octanol–water partition coefficient (Wildman–Crippen LogP) is 3.87. The molecule has 0 saturated carbocycles. The number of furan rings is 1. The van der Waals surface area contributed by atoms with Gasteiger partial charge in [-0.25, -0.2) is 4.39 Å². The molecule has 2 aromatic rings. The van der Waals surface area contributed by atoms with Gasteiger partial charge in [0.1, 0.15) is 17.3 Å². The third-order valence-electron chi connectivity index (χ3n) is 2.78. The standard InChI is InChI=1S/C15H15FO2/c1-10(11(2)17)9-14-7-8-15(18-14)12-3-5-13(16)6-4-12/h3-9,11,17H,1-2H3/b10-9+. The van der Waals surface area contributed by atoms with Crippen molar-refractivity contribution < 1.29 is 13.9 Å². The Balaban J connectivity index is 2.25. The van der Waals surface area contributed by atoms with Crippen LogP contribution in [0.2, 0.25) is 0 Å². The highest BCUT2D eigenvalue weighted by molar-refractivity contribution is 5.60. The molecule has 3 heteroatoms. The van der Waals surface area contributed by atoms with E-state index >= 15 is 0 Å². The lowest BCUT2D eigenvalue weighted by atomic mass is 10.1. The van der Waals surface area contributed by atoms with Gasteiger partial charge in [0.05, 0.1) is 6.10 Å². The van der Waals surface area contributed by atoms with Gasteiger partial charge in [-0.2, -0.15) is 0 Å². The van der Waals surface area contributed by atoms with E-state index in [1.54, 1.807) is 25.1 Å². The van der Waals surface area contributed by atoms with E-state index in [0.29, 0.717) is 11.5 Å². The maximum absolute atomic E-state index is 12.8. The molecule has 18 heavy (non-hydrogen) atoms. The fraction of sp³-hybridized carbons (Fsp3) is 0.200. The van der Waals surface area contributed by atoms with Gasteiger partial charge in [0, 0.05) is 5.56 Å². The van der Waals surface area contributed by atoms with Gasteiger partial charge in [-0.05, 0) is 61.9 Å². The van der Waals surface area contributed by atoms with Crippen molar-refractivity contribution in [3.8, 4) is 11.3 Å². The Morgan fingerprint density at radius 2 is 1.89 bits per heavy atom. The summed E-state index contributed by atoms with van der Waals surface area (Å²) in [4.78, 5) is 0. The first-order valence-corrected chi connectivity index (χ1v) is 5.78. The second kappa shape index (κ2) is 5.19. The van der Waals surface area contributed by atoms with Crippen molar-refractivity contribution in [2.75, 3.05) is 0 Å². The van der Waals surface area contributed by atoms with Crippen LogP contribution in [0.1, 0.15) is 19.6 Å². The molecule has 2 nitrogen and oxygen atoms in total. The number of halogens is 1. The Morgan fingerprint density at radius 3 is 2.50 bits per heavy atom. The Morgan fingerprint density at radius 1 is 1.22 bits per heavy atom. The average Bonchev–Trinajstić information content (AvgIpc) is 2.78. The molecule has 1 aromatic carbocycles. The van der Waals surface area contributed by atoms with Crippen LogP contribution in [-0.4, -0.2) is 11.2 Å². The smallest absolute Gasteiger partial charge is 0.134 e. The van der Waals surface area contributed by atoms with E-state index in [1.165, 1.54) is 12.1 Å². The van der Waals surface area contributed by atoms with Gasteiger partial charge in [0.15, 0.2) is 0 Å². The van der Waals surface area contributed by atoms with Crippen molar-refractivity contribution in [3.05, 3.63) is 53.5 Å². The van der Waals surface area contributed by atoms with Crippen LogP contribution in [0.4, 0.5) is 4.39 Å². The molecule has 1 heterocycles. The third kappa shape index (κ3) is 2.87. The largest absolute Gasteiger partial charge is 0.457 e. The number of benzene rings is 1.